The van der Waals surface area contributed by atoms with Gasteiger partial charge in [0.2, 0.25) is 5.91 Å². The lowest BCUT2D eigenvalue weighted by Crippen LogP contribution is -2.46. The second-order valence-corrected chi connectivity index (χ2v) is 7.76. The summed E-state index contributed by atoms with van der Waals surface area (Å²) in [7, 11) is 1.72. The van der Waals surface area contributed by atoms with Crippen molar-refractivity contribution in [3.63, 3.8) is 0 Å². The third-order valence-electron chi connectivity index (χ3n) is 4.49. The lowest BCUT2D eigenvalue weighted by Gasteiger charge is -2.28. The van der Waals surface area contributed by atoms with Crippen molar-refractivity contribution in [2.75, 3.05) is 13.6 Å². The van der Waals surface area contributed by atoms with Crippen LogP contribution in [0.1, 0.15) is 28.8 Å². The minimum atomic E-state index is -0.500. The number of carbonyl (C=O) groups is 2. The fraction of sp³-hybridized carbons (Fsp3) is 0.316. The molecule has 2 aromatic rings. The van der Waals surface area contributed by atoms with Gasteiger partial charge in [0.25, 0.3) is 5.91 Å². The summed E-state index contributed by atoms with van der Waals surface area (Å²) >= 11 is 17.8. The average molecular weight is 427 g/mol. The van der Waals surface area contributed by atoms with Gasteiger partial charge in [0.15, 0.2) is 0 Å². The molecule has 0 saturated carbocycles. The van der Waals surface area contributed by atoms with Gasteiger partial charge in [-0.25, -0.2) is 4.98 Å². The number of benzene rings is 1. The zero-order valence-corrected chi connectivity index (χ0v) is 16.9. The molecule has 1 saturated heterocycles. The summed E-state index contributed by atoms with van der Waals surface area (Å²) in [6, 6.07) is 7.71. The smallest absolute Gasteiger partial charge is 0.254 e. The second kappa shape index (κ2) is 8.46. The molecular weight excluding hydrogens is 409 g/mol. The Hall–Kier alpha value is -1.82. The first-order chi connectivity index (χ1) is 12.8. The SMILES string of the molecule is CN(Cc1ccc(Cl)nc1)C(=O)C1CCCN1C(=O)c1cc(Cl)cc(Cl)c1. The standard InChI is InChI=1S/C19H18Cl3N3O2/c1-24(11-12-4-5-17(22)23-10-12)19(27)16-3-2-6-25(16)18(26)13-7-14(20)9-15(21)8-13/h4-5,7-10,16H,2-3,6,11H2,1H3. The van der Waals surface area contributed by atoms with Crippen molar-refractivity contribution >= 4 is 46.6 Å². The van der Waals surface area contributed by atoms with Crippen molar-refractivity contribution in [3.8, 4) is 0 Å². The number of hydrogen-bond acceptors (Lipinski definition) is 3. The number of carbonyl (C=O) groups excluding carboxylic acids is 2. The molecule has 1 aliphatic heterocycles. The Balaban J connectivity index is 1.73. The van der Waals surface area contributed by atoms with E-state index < -0.39 is 6.04 Å². The number of likely N-dealkylation sites (N-methyl/N-ethyl adjacent to an activating group) is 1. The lowest BCUT2D eigenvalue weighted by molar-refractivity contribution is -0.134. The number of hydrogen-bond donors (Lipinski definition) is 0. The Morgan fingerprint density at radius 1 is 1.19 bits per heavy atom. The molecule has 1 unspecified atom stereocenters. The fourth-order valence-corrected chi connectivity index (χ4v) is 3.85. The highest BCUT2D eigenvalue weighted by Gasteiger charge is 2.36. The topological polar surface area (TPSA) is 53.5 Å². The molecule has 0 N–H and O–H groups in total. The Morgan fingerprint density at radius 2 is 1.89 bits per heavy atom. The van der Waals surface area contributed by atoms with Crippen molar-refractivity contribution < 1.29 is 9.59 Å². The molecule has 2 heterocycles. The number of amides is 2. The summed E-state index contributed by atoms with van der Waals surface area (Å²) in [6.45, 7) is 0.917. The van der Waals surface area contributed by atoms with E-state index in [9.17, 15) is 9.59 Å². The fourth-order valence-electron chi connectivity index (χ4n) is 3.22. The Labute approximate surface area is 172 Å². The van der Waals surface area contributed by atoms with Crippen LogP contribution in [-0.2, 0) is 11.3 Å². The van der Waals surface area contributed by atoms with E-state index in [0.717, 1.165) is 12.0 Å². The van der Waals surface area contributed by atoms with Crippen molar-refractivity contribution in [1.29, 1.82) is 0 Å². The van der Waals surface area contributed by atoms with Crippen molar-refractivity contribution in [1.82, 2.24) is 14.8 Å². The van der Waals surface area contributed by atoms with Crippen LogP contribution >= 0.6 is 34.8 Å². The van der Waals surface area contributed by atoms with Crippen molar-refractivity contribution in [3.05, 3.63) is 62.9 Å². The van der Waals surface area contributed by atoms with Crippen LogP contribution in [0.25, 0.3) is 0 Å². The molecule has 0 spiro atoms. The number of likely N-dealkylation sites (tertiary alicyclic amines) is 1. The first-order valence-corrected chi connectivity index (χ1v) is 9.61. The molecule has 0 bridgehead atoms. The minimum absolute atomic E-state index is 0.107. The Morgan fingerprint density at radius 3 is 2.52 bits per heavy atom. The van der Waals surface area contributed by atoms with E-state index in [1.807, 2.05) is 6.07 Å². The normalized spacial score (nSPS) is 16.4. The monoisotopic (exact) mass is 425 g/mol. The molecule has 5 nitrogen and oxygen atoms in total. The molecule has 1 aliphatic rings. The van der Waals surface area contributed by atoms with E-state index in [1.54, 1.807) is 47.3 Å². The number of aromatic nitrogens is 1. The van der Waals surface area contributed by atoms with Gasteiger partial charge >= 0.3 is 0 Å². The molecule has 1 fully saturated rings. The zero-order valence-electron chi connectivity index (χ0n) is 14.7. The minimum Gasteiger partial charge on any atom is -0.340 e. The predicted octanol–water partition coefficient (Wildman–Crippen LogP) is 4.31. The average Bonchev–Trinajstić information content (AvgIpc) is 3.11. The van der Waals surface area contributed by atoms with E-state index in [-0.39, 0.29) is 11.8 Å². The molecule has 0 radical (unpaired) electrons. The van der Waals surface area contributed by atoms with E-state index in [0.29, 0.717) is 40.3 Å². The van der Waals surface area contributed by atoms with Gasteiger partial charge < -0.3 is 9.80 Å². The first kappa shape index (κ1) is 19.9. The Bertz CT molecular complexity index is 838. The second-order valence-electron chi connectivity index (χ2n) is 6.50. The highest BCUT2D eigenvalue weighted by atomic mass is 35.5. The van der Waals surface area contributed by atoms with Gasteiger partial charge in [0, 0.05) is 41.9 Å². The van der Waals surface area contributed by atoms with E-state index in [4.69, 9.17) is 34.8 Å². The van der Waals surface area contributed by atoms with Crippen LogP contribution in [0.4, 0.5) is 0 Å². The largest absolute Gasteiger partial charge is 0.340 e. The van der Waals surface area contributed by atoms with E-state index in [2.05, 4.69) is 4.98 Å². The van der Waals surface area contributed by atoms with Gasteiger partial charge in [-0.2, -0.15) is 0 Å². The maximum atomic E-state index is 12.9. The van der Waals surface area contributed by atoms with Gasteiger partial charge in [0.05, 0.1) is 0 Å². The summed E-state index contributed by atoms with van der Waals surface area (Å²) in [6.07, 6.45) is 3.03. The van der Waals surface area contributed by atoms with Crippen LogP contribution in [0.5, 0.6) is 0 Å². The number of halogens is 3. The van der Waals surface area contributed by atoms with Crippen LogP contribution < -0.4 is 0 Å². The molecule has 8 heteroatoms. The molecule has 1 atom stereocenters. The van der Waals surface area contributed by atoms with Gasteiger partial charge in [-0.3, -0.25) is 9.59 Å². The summed E-state index contributed by atoms with van der Waals surface area (Å²) < 4.78 is 0. The predicted molar refractivity (Wildman–Crippen MR) is 106 cm³/mol. The third-order valence-corrected chi connectivity index (χ3v) is 5.15. The molecule has 3 rings (SSSR count). The zero-order chi connectivity index (χ0) is 19.6. The van der Waals surface area contributed by atoms with Crippen LogP contribution in [0.15, 0.2) is 36.5 Å². The highest BCUT2D eigenvalue weighted by molar-refractivity contribution is 6.35. The molecular formula is C19H18Cl3N3O2. The molecule has 27 heavy (non-hydrogen) atoms. The van der Waals surface area contributed by atoms with Gasteiger partial charge in [0.1, 0.15) is 11.2 Å². The van der Waals surface area contributed by atoms with Crippen molar-refractivity contribution in [2.24, 2.45) is 0 Å². The van der Waals surface area contributed by atoms with Crippen LogP contribution in [0.2, 0.25) is 15.2 Å². The molecule has 0 aliphatic carbocycles. The van der Waals surface area contributed by atoms with Crippen molar-refractivity contribution in [2.45, 2.75) is 25.4 Å². The number of nitrogens with zero attached hydrogens (tertiary/aromatic N) is 3. The van der Waals surface area contributed by atoms with Gasteiger partial charge in [-0.15, -0.1) is 0 Å². The number of pyridine rings is 1. The number of rotatable bonds is 4. The van der Waals surface area contributed by atoms with Crippen LogP contribution in [0.3, 0.4) is 0 Å². The summed E-state index contributed by atoms with van der Waals surface area (Å²) in [5.74, 6) is -0.347. The summed E-state index contributed by atoms with van der Waals surface area (Å²) in [4.78, 5) is 33.1. The first-order valence-electron chi connectivity index (χ1n) is 8.47. The quantitative estimate of drug-likeness (QED) is 0.685. The third kappa shape index (κ3) is 4.72. The molecule has 142 valence electrons. The van der Waals surface area contributed by atoms with E-state index >= 15 is 0 Å². The summed E-state index contributed by atoms with van der Waals surface area (Å²) in [5.41, 5.74) is 1.25. The maximum absolute atomic E-state index is 12.9. The summed E-state index contributed by atoms with van der Waals surface area (Å²) in [5, 5.41) is 1.18. The molecule has 1 aromatic heterocycles. The lowest BCUT2D eigenvalue weighted by atomic mass is 10.1. The highest BCUT2D eigenvalue weighted by Crippen LogP contribution is 2.25. The van der Waals surface area contributed by atoms with Gasteiger partial charge in [-0.1, -0.05) is 40.9 Å². The van der Waals surface area contributed by atoms with Crippen LogP contribution in [-0.4, -0.2) is 46.2 Å². The molecule has 1 aromatic carbocycles. The van der Waals surface area contributed by atoms with Crippen LogP contribution in [0, 0.1) is 0 Å². The maximum Gasteiger partial charge on any atom is 0.254 e. The van der Waals surface area contributed by atoms with Gasteiger partial charge in [-0.05, 0) is 42.7 Å². The van der Waals surface area contributed by atoms with E-state index in [1.165, 1.54) is 0 Å². The Kier molecular flexibility index (Phi) is 6.25. The molecule has 2 amide bonds.